The van der Waals surface area contributed by atoms with Crippen molar-refractivity contribution in [3.8, 4) is 0 Å². The van der Waals surface area contributed by atoms with Gasteiger partial charge in [-0.15, -0.1) is 0 Å². The summed E-state index contributed by atoms with van der Waals surface area (Å²) in [7, 11) is 0. The van der Waals surface area contributed by atoms with E-state index in [0.29, 0.717) is 35.3 Å². The van der Waals surface area contributed by atoms with Crippen LogP contribution in [-0.2, 0) is 0 Å². The molecule has 0 saturated carbocycles. The van der Waals surface area contributed by atoms with Crippen molar-refractivity contribution in [3.63, 3.8) is 0 Å². The Morgan fingerprint density at radius 1 is 1.25 bits per heavy atom. The standard InChI is InChI=1S/C21H25N5O2/c1-15-7-4-5-13-25(15)14-12-23-21(28)26-18-10-3-2-8-16(18)20(27)24-17-9-6-11-22-19(17)26/h2-3,6,8-11,15H,4-5,7,12-14H2,1H3,(H,23,28)(H,24,27). The average molecular weight is 379 g/mol. The zero-order valence-electron chi connectivity index (χ0n) is 16.0. The van der Waals surface area contributed by atoms with Crippen LogP contribution in [-0.4, -0.2) is 47.5 Å². The Morgan fingerprint density at radius 3 is 2.96 bits per heavy atom. The number of fused-ring (bicyclic) bond motifs is 2. The summed E-state index contributed by atoms with van der Waals surface area (Å²) in [6, 6.07) is 10.8. The number of hydrogen-bond acceptors (Lipinski definition) is 4. The van der Waals surface area contributed by atoms with Gasteiger partial charge in [-0.25, -0.2) is 14.7 Å². The number of carbonyl (C=O) groups excluding carboxylic acids is 2. The van der Waals surface area contributed by atoms with E-state index in [4.69, 9.17) is 0 Å². The first-order valence-electron chi connectivity index (χ1n) is 9.82. The van der Waals surface area contributed by atoms with Crippen LogP contribution in [0.3, 0.4) is 0 Å². The monoisotopic (exact) mass is 379 g/mol. The lowest BCUT2D eigenvalue weighted by molar-refractivity contribution is 0.102. The Kier molecular flexibility index (Phi) is 5.25. The van der Waals surface area contributed by atoms with Crippen LogP contribution in [0, 0.1) is 0 Å². The molecule has 0 aliphatic carbocycles. The molecule has 2 aromatic rings. The molecule has 3 heterocycles. The molecule has 1 saturated heterocycles. The summed E-state index contributed by atoms with van der Waals surface area (Å²) < 4.78 is 0. The molecule has 7 heteroatoms. The molecule has 1 fully saturated rings. The molecule has 1 aromatic heterocycles. The highest BCUT2D eigenvalue weighted by Gasteiger charge is 2.30. The third kappa shape index (κ3) is 3.57. The molecule has 7 nitrogen and oxygen atoms in total. The lowest BCUT2D eigenvalue weighted by Crippen LogP contribution is -2.45. The number of rotatable bonds is 3. The van der Waals surface area contributed by atoms with Crippen LogP contribution in [0.25, 0.3) is 0 Å². The van der Waals surface area contributed by atoms with Gasteiger partial charge in [-0.2, -0.15) is 0 Å². The number of carbonyl (C=O) groups is 2. The molecule has 2 aliphatic rings. The van der Waals surface area contributed by atoms with Crippen molar-refractivity contribution in [2.24, 2.45) is 0 Å². The van der Waals surface area contributed by atoms with Crippen LogP contribution in [0.1, 0.15) is 36.5 Å². The normalized spacial score (nSPS) is 19.2. The fourth-order valence-electron chi connectivity index (χ4n) is 3.92. The third-order valence-corrected chi connectivity index (χ3v) is 5.46. The third-order valence-electron chi connectivity index (χ3n) is 5.46. The number of benzene rings is 1. The fourth-order valence-corrected chi connectivity index (χ4v) is 3.92. The molecule has 2 N–H and O–H groups in total. The molecular formula is C21H25N5O2. The minimum atomic E-state index is -0.284. The zero-order chi connectivity index (χ0) is 19.5. The molecule has 28 heavy (non-hydrogen) atoms. The maximum absolute atomic E-state index is 13.1. The summed E-state index contributed by atoms with van der Waals surface area (Å²) in [5.74, 6) is 0.173. The lowest BCUT2D eigenvalue weighted by atomic mass is 10.0. The zero-order valence-corrected chi connectivity index (χ0v) is 16.0. The van der Waals surface area contributed by atoms with Crippen molar-refractivity contribution in [1.29, 1.82) is 0 Å². The second-order valence-electron chi connectivity index (χ2n) is 7.29. The maximum atomic E-state index is 13.1. The second kappa shape index (κ2) is 7.98. The summed E-state index contributed by atoms with van der Waals surface area (Å²) in [5.41, 5.74) is 1.49. The van der Waals surface area contributed by atoms with Gasteiger partial charge in [0.2, 0.25) is 0 Å². The van der Waals surface area contributed by atoms with Gasteiger partial charge in [0.05, 0.1) is 16.9 Å². The Morgan fingerprint density at radius 2 is 2.11 bits per heavy atom. The molecule has 0 spiro atoms. The van der Waals surface area contributed by atoms with E-state index in [1.165, 1.54) is 24.2 Å². The first-order chi connectivity index (χ1) is 13.6. The molecule has 0 bridgehead atoms. The first kappa shape index (κ1) is 18.4. The molecule has 4 rings (SSSR count). The van der Waals surface area contributed by atoms with Gasteiger partial charge < -0.3 is 10.6 Å². The summed E-state index contributed by atoms with van der Waals surface area (Å²) in [5, 5.41) is 5.86. The summed E-state index contributed by atoms with van der Waals surface area (Å²) >= 11 is 0. The largest absolute Gasteiger partial charge is 0.336 e. The van der Waals surface area contributed by atoms with Gasteiger partial charge in [0.15, 0.2) is 5.82 Å². The van der Waals surface area contributed by atoms with Gasteiger partial charge in [-0.3, -0.25) is 9.69 Å². The highest BCUT2D eigenvalue weighted by Crippen LogP contribution is 2.35. The van der Waals surface area contributed by atoms with Crippen molar-refractivity contribution >= 4 is 29.1 Å². The second-order valence-corrected chi connectivity index (χ2v) is 7.29. The Hall–Kier alpha value is -2.93. The molecule has 146 valence electrons. The Labute approximate surface area is 164 Å². The Balaban J connectivity index is 1.56. The molecule has 2 aliphatic heterocycles. The van der Waals surface area contributed by atoms with Crippen LogP contribution < -0.4 is 15.5 Å². The molecule has 1 unspecified atom stereocenters. The fraction of sp³-hybridized carbons (Fsp3) is 0.381. The number of nitrogens with one attached hydrogen (secondary N) is 2. The van der Waals surface area contributed by atoms with Crippen molar-refractivity contribution < 1.29 is 9.59 Å². The molecule has 1 aromatic carbocycles. The average Bonchev–Trinajstić information content (AvgIpc) is 2.83. The van der Waals surface area contributed by atoms with Crippen LogP contribution >= 0.6 is 0 Å². The highest BCUT2D eigenvalue weighted by atomic mass is 16.2. The minimum absolute atomic E-state index is 0.248. The number of urea groups is 1. The van der Waals surface area contributed by atoms with Crippen LogP contribution in [0.2, 0.25) is 0 Å². The van der Waals surface area contributed by atoms with Gasteiger partial charge in [0, 0.05) is 25.3 Å². The van der Waals surface area contributed by atoms with Crippen molar-refractivity contribution in [1.82, 2.24) is 15.2 Å². The number of hydrogen-bond donors (Lipinski definition) is 2. The van der Waals surface area contributed by atoms with Gasteiger partial charge in [-0.05, 0) is 50.6 Å². The number of likely N-dealkylation sites (tertiary alicyclic amines) is 1. The van der Waals surface area contributed by atoms with E-state index >= 15 is 0 Å². The smallest absolute Gasteiger partial charge is 0.327 e. The predicted octanol–water partition coefficient (Wildman–Crippen LogP) is 3.37. The minimum Gasteiger partial charge on any atom is -0.336 e. The van der Waals surface area contributed by atoms with Crippen molar-refractivity contribution in [3.05, 3.63) is 48.2 Å². The van der Waals surface area contributed by atoms with Gasteiger partial charge in [0.1, 0.15) is 0 Å². The predicted molar refractivity (Wildman–Crippen MR) is 109 cm³/mol. The number of para-hydroxylation sites is 1. The number of pyridine rings is 1. The number of amides is 3. The first-order valence-corrected chi connectivity index (χ1v) is 9.82. The number of piperidine rings is 1. The number of nitrogens with zero attached hydrogens (tertiary/aromatic N) is 3. The van der Waals surface area contributed by atoms with Crippen molar-refractivity contribution in [2.45, 2.75) is 32.2 Å². The van der Waals surface area contributed by atoms with E-state index in [1.54, 1.807) is 36.5 Å². The summed E-state index contributed by atoms with van der Waals surface area (Å²) in [6.45, 7) is 4.68. The van der Waals surface area contributed by atoms with Gasteiger partial charge in [-0.1, -0.05) is 18.6 Å². The van der Waals surface area contributed by atoms with Crippen LogP contribution in [0.15, 0.2) is 42.6 Å². The molecule has 0 radical (unpaired) electrons. The van der Waals surface area contributed by atoms with Crippen LogP contribution in [0.5, 0.6) is 0 Å². The number of anilines is 3. The summed E-state index contributed by atoms with van der Waals surface area (Å²) in [6.07, 6.45) is 5.31. The molecule has 1 atom stereocenters. The number of aromatic nitrogens is 1. The van der Waals surface area contributed by atoms with Gasteiger partial charge in [0.25, 0.3) is 5.91 Å². The van der Waals surface area contributed by atoms with Gasteiger partial charge >= 0.3 is 6.03 Å². The van der Waals surface area contributed by atoms with E-state index in [2.05, 4.69) is 27.4 Å². The lowest BCUT2D eigenvalue weighted by Gasteiger charge is -2.33. The van der Waals surface area contributed by atoms with E-state index in [1.807, 2.05) is 6.07 Å². The Bertz CT molecular complexity index is 885. The van der Waals surface area contributed by atoms with E-state index in [-0.39, 0.29) is 11.9 Å². The molecule has 3 amide bonds. The van der Waals surface area contributed by atoms with E-state index in [0.717, 1.165) is 13.1 Å². The SMILES string of the molecule is CC1CCCCN1CCNC(=O)N1c2ccccc2C(=O)Nc2cccnc21. The quantitative estimate of drug-likeness (QED) is 0.857. The van der Waals surface area contributed by atoms with Crippen molar-refractivity contribution in [2.75, 3.05) is 29.9 Å². The van der Waals surface area contributed by atoms with E-state index in [9.17, 15) is 9.59 Å². The maximum Gasteiger partial charge on any atom is 0.327 e. The van der Waals surface area contributed by atoms with Crippen LogP contribution in [0.4, 0.5) is 22.0 Å². The topological polar surface area (TPSA) is 77.6 Å². The summed E-state index contributed by atoms with van der Waals surface area (Å²) in [4.78, 5) is 34.0. The molecular weight excluding hydrogens is 354 g/mol. The van der Waals surface area contributed by atoms with E-state index < -0.39 is 0 Å². The highest BCUT2D eigenvalue weighted by molar-refractivity contribution is 6.16.